The monoisotopic (exact) mass is 503 g/mol. The van der Waals surface area contributed by atoms with Crippen LogP contribution in [0.2, 0.25) is 0 Å². The average molecular weight is 504 g/mol. The summed E-state index contributed by atoms with van der Waals surface area (Å²) in [7, 11) is 3.18. The summed E-state index contributed by atoms with van der Waals surface area (Å²) >= 11 is 4.68. The first-order chi connectivity index (χ1) is 15.0. The summed E-state index contributed by atoms with van der Waals surface area (Å²) in [5.74, 6) is 1.89. The molecule has 31 heavy (non-hydrogen) atoms. The Morgan fingerprint density at radius 2 is 1.90 bits per heavy atom. The van der Waals surface area contributed by atoms with Crippen LogP contribution in [0.15, 0.2) is 57.2 Å². The quantitative estimate of drug-likeness (QED) is 0.269. The number of carbonyl (C=O) groups excluding carboxylic acids is 1. The Balaban J connectivity index is 1.64. The number of rotatable bonds is 9. The molecule has 1 N–H and O–H groups in total. The van der Waals surface area contributed by atoms with E-state index >= 15 is 0 Å². The van der Waals surface area contributed by atoms with E-state index in [0.717, 1.165) is 15.6 Å². The average Bonchev–Trinajstić information content (AvgIpc) is 3.21. The van der Waals surface area contributed by atoms with Crippen LogP contribution in [0.3, 0.4) is 0 Å². The molecule has 0 aliphatic carbocycles. The molecule has 0 spiro atoms. The first-order valence-electron chi connectivity index (χ1n) is 9.41. The molecule has 3 rings (SSSR count). The van der Waals surface area contributed by atoms with Crippen molar-refractivity contribution >= 4 is 39.8 Å². The molecule has 0 bridgehead atoms. The first kappa shape index (κ1) is 22.8. The number of amides is 1. The lowest BCUT2D eigenvalue weighted by Crippen LogP contribution is -2.20. The number of nitrogens with zero attached hydrogens (tertiary/aromatic N) is 4. The second-order valence-electron chi connectivity index (χ2n) is 6.25. The highest BCUT2D eigenvalue weighted by Gasteiger charge is 2.16. The van der Waals surface area contributed by atoms with Gasteiger partial charge in [0, 0.05) is 16.6 Å². The van der Waals surface area contributed by atoms with Gasteiger partial charge in [0.2, 0.25) is 0 Å². The van der Waals surface area contributed by atoms with Crippen LogP contribution in [-0.2, 0) is 11.3 Å². The van der Waals surface area contributed by atoms with Gasteiger partial charge >= 0.3 is 0 Å². The van der Waals surface area contributed by atoms with Crippen molar-refractivity contribution in [2.75, 3.05) is 20.0 Å². The molecule has 162 valence electrons. The molecule has 0 aliphatic heterocycles. The molecule has 10 heteroatoms. The Kier molecular flexibility index (Phi) is 8.07. The summed E-state index contributed by atoms with van der Waals surface area (Å²) in [6.07, 6.45) is 1.60. The lowest BCUT2D eigenvalue weighted by molar-refractivity contribution is -0.118. The molecule has 0 saturated heterocycles. The predicted octanol–water partition coefficient (Wildman–Crippen LogP) is 3.99. The summed E-state index contributed by atoms with van der Waals surface area (Å²) in [5.41, 5.74) is 4.27. The number of carbonyl (C=O) groups is 1. The zero-order valence-electron chi connectivity index (χ0n) is 17.3. The van der Waals surface area contributed by atoms with Crippen LogP contribution in [-0.4, -0.2) is 46.9 Å². The Hall–Kier alpha value is -2.85. The molecule has 8 nitrogen and oxygen atoms in total. The summed E-state index contributed by atoms with van der Waals surface area (Å²) < 4.78 is 13.6. The van der Waals surface area contributed by atoms with Gasteiger partial charge < -0.3 is 14.0 Å². The number of methoxy groups -OCH3 is 2. The van der Waals surface area contributed by atoms with Crippen LogP contribution in [0.1, 0.15) is 12.5 Å². The zero-order chi connectivity index (χ0) is 22.2. The summed E-state index contributed by atoms with van der Waals surface area (Å²) in [4.78, 5) is 12.2. The summed E-state index contributed by atoms with van der Waals surface area (Å²) in [6.45, 7) is 2.66. The third-order valence-electron chi connectivity index (χ3n) is 4.28. The highest BCUT2D eigenvalue weighted by Crippen LogP contribution is 2.32. The van der Waals surface area contributed by atoms with Crippen LogP contribution in [0.5, 0.6) is 11.5 Å². The fraction of sp³-hybridized carbons (Fsp3) is 0.238. The first-order valence-corrected chi connectivity index (χ1v) is 11.2. The molecule has 0 atom stereocenters. The number of nitrogens with one attached hydrogen (secondary N) is 1. The van der Waals surface area contributed by atoms with E-state index in [9.17, 15) is 4.79 Å². The van der Waals surface area contributed by atoms with Gasteiger partial charge in [0.05, 0.1) is 26.2 Å². The fourth-order valence-electron chi connectivity index (χ4n) is 2.76. The van der Waals surface area contributed by atoms with Crippen molar-refractivity contribution in [2.24, 2.45) is 5.10 Å². The van der Waals surface area contributed by atoms with Crippen molar-refractivity contribution in [2.45, 2.75) is 18.6 Å². The van der Waals surface area contributed by atoms with Gasteiger partial charge in [-0.25, -0.2) is 5.43 Å². The van der Waals surface area contributed by atoms with Crippen molar-refractivity contribution in [3.8, 4) is 22.9 Å². The lowest BCUT2D eigenvalue weighted by atomic mass is 10.2. The Bertz CT molecular complexity index is 1070. The Morgan fingerprint density at radius 1 is 1.16 bits per heavy atom. The van der Waals surface area contributed by atoms with Gasteiger partial charge in [0.25, 0.3) is 5.91 Å². The van der Waals surface area contributed by atoms with Gasteiger partial charge in [-0.05, 0) is 42.8 Å². The van der Waals surface area contributed by atoms with Gasteiger partial charge in [0.1, 0.15) is 0 Å². The van der Waals surface area contributed by atoms with Crippen LogP contribution in [0, 0.1) is 0 Å². The molecular formula is C21H22BrN5O3S. The number of benzene rings is 2. The van der Waals surface area contributed by atoms with Crippen molar-refractivity contribution in [1.82, 2.24) is 20.2 Å². The maximum Gasteiger partial charge on any atom is 0.250 e. The Morgan fingerprint density at radius 3 is 2.58 bits per heavy atom. The van der Waals surface area contributed by atoms with Gasteiger partial charge in [-0.2, -0.15) is 5.10 Å². The molecule has 0 fully saturated rings. The van der Waals surface area contributed by atoms with Crippen molar-refractivity contribution in [3.05, 3.63) is 52.5 Å². The van der Waals surface area contributed by atoms with Crippen LogP contribution in [0.25, 0.3) is 11.4 Å². The van der Waals surface area contributed by atoms with E-state index in [0.29, 0.717) is 29.0 Å². The topological polar surface area (TPSA) is 90.6 Å². The predicted molar refractivity (Wildman–Crippen MR) is 125 cm³/mol. The molecule has 1 amide bonds. The zero-order valence-corrected chi connectivity index (χ0v) is 19.7. The third-order valence-corrected chi connectivity index (χ3v) is 5.78. The van der Waals surface area contributed by atoms with Crippen molar-refractivity contribution < 1.29 is 14.3 Å². The highest BCUT2D eigenvalue weighted by atomic mass is 79.9. The minimum absolute atomic E-state index is 0.168. The Labute approximate surface area is 193 Å². The largest absolute Gasteiger partial charge is 0.493 e. The number of hydrazone groups is 1. The molecule has 0 unspecified atom stereocenters. The minimum atomic E-state index is -0.225. The maximum atomic E-state index is 12.2. The van der Waals surface area contributed by atoms with E-state index in [-0.39, 0.29) is 11.7 Å². The molecular weight excluding hydrogens is 482 g/mol. The molecule has 1 heterocycles. The molecule has 3 aromatic rings. The standard InChI is InChI=1S/C21H22BrN5O3S/c1-4-27-20(15-7-10-17(29-2)18(11-15)30-3)25-26-21(27)31-13-19(28)24-23-12-14-5-8-16(22)9-6-14/h5-12H,4,13H2,1-3H3,(H,24,28)/b23-12-. The smallest absolute Gasteiger partial charge is 0.250 e. The normalized spacial score (nSPS) is 11.0. The lowest BCUT2D eigenvalue weighted by Gasteiger charge is -2.10. The van der Waals surface area contributed by atoms with Crippen LogP contribution >= 0.6 is 27.7 Å². The van der Waals surface area contributed by atoms with E-state index in [1.165, 1.54) is 11.8 Å². The maximum absolute atomic E-state index is 12.2. The fourth-order valence-corrected chi connectivity index (χ4v) is 3.82. The van der Waals surface area contributed by atoms with Gasteiger partial charge in [-0.1, -0.05) is 39.8 Å². The second-order valence-corrected chi connectivity index (χ2v) is 8.11. The number of halogens is 1. The van der Waals surface area contributed by atoms with Gasteiger partial charge in [-0.3, -0.25) is 4.79 Å². The van der Waals surface area contributed by atoms with Crippen LogP contribution in [0.4, 0.5) is 0 Å². The summed E-state index contributed by atoms with van der Waals surface area (Å²) in [5, 5.41) is 13.2. The SMILES string of the molecule is CCn1c(SCC(=O)N/N=C\c2ccc(Br)cc2)nnc1-c1ccc(OC)c(OC)c1. The van der Waals surface area contributed by atoms with Crippen molar-refractivity contribution in [3.63, 3.8) is 0 Å². The number of aromatic nitrogens is 3. The number of hydrogen-bond acceptors (Lipinski definition) is 7. The number of hydrogen-bond donors (Lipinski definition) is 1. The number of thioether (sulfide) groups is 1. The molecule has 0 aliphatic rings. The van der Waals surface area contributed by atoms with Gasteiger partial charge in [0.15, 0.2) is 22.5 Å². The van der Waals surface area contributed by atoms with Gasteiger partial charge in [-0.15, -0.1) is 10.2 Å². The number of ether oxygens (including phenoxy) is 2. The van der Waals surface area contributed by atoms with Crippen LogP contribution < -0.4 is 14.9 Å². The second kappa shape index (κ2) is 11.0. The minimum Gasteiger partial charge on any atom is -0.493 e. The van der Waals surface area contributed by atoms with E-state index < -0.39 is 0 Å². The van der Waals surface area contributed by atoms with E-state index in [1.807, 2.05) is 54.0 Å². The summed E-state index contributed by atoms with van der Waals surface area (Å²) in [6, 6.07) is 13.2. The van der Waals surface area contributed by atoms with Crippen molar-refractivity contribution in [1.29, 1.82) is 0 Å². The third kappa shape index (κ3) is 5.86. The van der Waals surface area contributed by atoms with E-state index in [1.54, 1.807) is 20.4 Å². The molecule has 1 aromatic heterocycles. The molecule has 2 aromatic carbocycles. The van der Waals surface area contributed by atoms with E-state index in [4.69, 9.17) is 9.47 Å². The highest BCUT2D eigenvalue weighted by molar-refractivity contribution is 9.10. The van der Waals surface area contributed by atoms with E-state index in [2.05, 4.69) is 36.7 Å². The molecule has 0 radical (unpaired) electrons. The molecule has 0 saturated carbocycles.